The molecule has 0 radical (unpaired) electrons. The van der Waals surface area contributed by atoms with Gasteiger partial charge in [-0.3, -0.25) is 14.6 Å². The Morgan fingerprint density at radius 2 is 2.15 bits per heavy atom. The third-order valence-corrected chi connectivity index (χ3v) is 3.23. The van der Waals surface area contributed by atoms with E-state index in [4.69, 9.17) is 4.74 Å². The van der Waals surface area contributed by atoms with E-state index >= 15 is 0 Å². The molecule has 0 saturated carbocycles. The van der Waals surface area contributed by atoms with Crippen molar-refractivity contribution < 1.29 is 14.3 Å². The molecular weight excluding hydrogens is 258 g/mol. The van der Waals surface area contributed by atoms with Gasteiger partial charge in [-0.1, -0.05) is 0 Å². The van der Waals surface area contributed by atoms with Crippen molar-refractivity contribution in [2.45, 2.75) is 12.8 Å². The minimum atomic E-state index is -0.222. The molecule has 2 heterocycles. The van der Waals surface area contributed by atoms with Gasteiger partial charge in [-0.25, -0.2) is 0 Å². The topological polar surface area (TPSA) is 71.5 Å². The number of amides is 2. The van der Waals surface area contributed by atoms with Crippen LogP contribution in [0.3, 0.4) is 0 Å². The Kier molecular flexibility index (Phi) is 5.06. The number of methoxy groups -OCH3 is 1. The molecule has 2 rings (SSSR count). The van der Waals surface area contributed by atoms with Gasteiger partial charge in [0, 0.05) is 38.5 Å². The SMILES string of the molecule is COCCNC(=O)c1ccnc(C(=O)N2CCCC2)c1. The quantitative estimate of drug-likeness (QED) is 0.804. The lowest BCUT2D eigenvalue weighted by molar-refractivity contribution is 0.0787. The molecule has 0 aliphatic carbocycles. The summed E-state index contributed by atoms with van der Waals surface area (Å²) in [4.78, 5) is 29.9. The van der Waals surface area contributed by atoms with E-state index in [1.807, 2.05) is 0 Å². The second kappa shape index (κ2) is 7.00. The number of likely N-dealkylation sites (tertiary alicyclic amines) is 1. The number of carbonyl (C=O) groups is 2. The average molecular weight is 277 g/mol. The third-order valence-electron chi connectivity index (χ3n) is 3.23. The van der Waals surface area contributed by atoms with Crippen molar-refractivity contribution in [2.75, 3.05) is 33.4 Å². The van der Waals surface area contributed by atoms with Gasteiger partial charge in [0.1, 0.15) is 5.69 Å². The fraction of sp³-hybridized carbons (Fsp3) is 0.500. The lowest BCUT2D eigenvalue weighted by Gasteiger charge is -2.14. The molecule has 6 heteroatoms. The molecule has 1 aliphatic rings. The molecule has 0 bridgehead atoms. The summed E-state index contributed by atoms with van der Waals surface area (Å²) in [5.41, 5.74) is 0.768. The largest absolute Gasteiger partial charge is 0.383 e. The van der Waals surface area contributed by atoms with Gasteiger partial charge in [0.05, 0.1) is 6.61 Å². The molecule has 20 heavy (non-hydrogen) atoms. The molecule has 1 fully saturated rings. The van der Waals surface area contributed by atoms with E-state index in [1.165, 1.54) is 6.20 Å². The number of carbonyl (C=O) groups excluding carboxylic acids is 2. The smallest absolute Gasteiger partial charge is 0.272 e. The van der Waals surface area contributed by atoms with Crippen LogP contribution in [0.4, 0.5) is 0 Å². The lowest BCUT2D eigenvalue weighted by Crippen LogP contribution is -2.30. The second-order valence-electron chi connectivity index (χ2n) is 4.68. The number of nitrogens with zero attached hydrogens (tertiary/aromatic N) is 2. The normalized spacial score (nSPS) is 14.3. The van der Waals surface area contributed by atoms with Crippen molar-refractivity contribution in [2.24, 2.45) is 0 Å². The Balaban J connectivity index is 2.03. The summed E-state index contributed by atoms with van der Waals surface area (Å²) in [6.45, 7) is 2.43. The van der Waals surface area contributed by atoms with Crippen LogP contribution in [0.5, 0.6) is 0 Å². The van der Waals surface area contributed by atoms with Crippen molar-refractivity contribution in [3.8, 4) is 0 Å². The van der Waals surface area contributed by atoms with Gasteiger partial charge in [0.2, 0.25) is 0 Å². The van der Waals surface area contributed by atoms with Gasteiger partial charge in [0.15, 0.2) is 0 Å². The highest BCUT2D eigenvalue weighted by atomic mass is 16.5. The highest BCUT2D eigenvalue weighted by Gasteiger charge is 2.21. The predicted molar refractivity (Wildman–Crippen MR) is 73.6 cm³/mol. The Morgan fingerprint density at radius 1 is 1.40 bits per heavy atom. The molecule has 1 aromatic rings. The molecule has 0 atom stereocenters. The van der Waals surface area contributed by atoms with Gasteiger partial charge >= 0.3 is 0 Å². The molecule has 0 aromatic carbocycles. The molecule has 0 spiro atoms. The van der Waals surface area contributed by atoms with Crippen LogP contribution in [0.25, 0.3) is 0 Å². The van der Waals surface area contributed by atoms with Gasteiger partial charge in [-0.05, 0) is 25.0 Å². The zero-order valence-electron chi connectivity index (χ0n) is 11.6. The number of ether oxygens (including phenoxy) is 1. The van der Waals surface area contributed by atoms with Gasteiger partial charge in [0.25, 0.3) is 11.8 Å². The minimum Gasteiger partial charge on any atom is -0.383 e. The summed E-state index contributed by atoms with van der Waals surface area (Å²) in [5, 5.41) is 2.72. The summed E-state index contributed by atoms with van der Waals surface area (Å²) in [7, 11) is 1.57. The molecule has 1 aliphatic heterocycles. The Bertz CT molecular complexity index is 484. The maximum Gasteiger partial charge on any atom is 0.272 e. The van der Waals surface area contributed by atoms with Crippen molar-refractivity contribution in [3.05, 3.63) is 29.6 Å². The van der Waals surface area contributed by atoms with Crippen LogP contribution >= 0.6 is 0 Å². The zero-order valence-corrected chi connectivity index (χ0v) is 11.6. The average Bonchev–Trinajstić information content (AvgIpc) is 3.01. The van der Waals surface area contributed by atoms with Crippen molar-refractivity contribution in [1.29, 1.82) is 0 Å². The summed E-state index contributed by atoms with van der Waals surface area (Å²) >= 11 is 0. The van der Waals surface area contributed by atoms with Crippen molar-refractivity contribution in [3.63, 3.8) is 0 Å². The van der Waals surface area contributed by atoms with E-state index in [0.29, 0.717) is 24.4 Å². The second-order valence-corrected chi connectivity index (χ2v) is 4.68. The van der Waals surface area contributed by atoms with Crippen LogP contribution in [0, 0.1) is 0 Å². The Hall–Kier alpha value is -1.95. The minimum absolute atomic E-state index is 0.103. The number of hydrogen-bond acceptors (Lipinski definition) is 4. The zero-order chi connectivity index (χ0) is 14.4. The molecular formula is C14H19N3O3. The van der Waals surface area contributed by atoms with Crippen LogP contribution < -0.4 is 5.32 Å². The highest BCUT2D eigenvalue weighted by Crippen LogP contribution is 2.12. The van der Waals surface area contributed by atoms with E-state index in [0.717, 1.165) is 25.9 Å². The van der Waals surface area contributed by atoms with E-state index in [-0.39, 0.29) is 11.8 Å². The van der Waals surface area contributed by atoms with E-state index in [2.05, 4.69) is 10.3 Å². The van der Waals surface area contributed by atoms with Crippen molar-refractivity contribution >= 4 is 11.8 Å². The first-order valence-corrected chi connectivity index (χ1v) is 6.75. The van der Waals surface area contributed by atoms with Crippen LogP contribution in [0.15, 0.2) is 18.3 Å². The summed E-state index contributed by atoms with van der Waals surface area (Å²) in [5.74, 6) is -0.325. The first kappa shape index (κ1) is 14.5. The van der Waals surface area contributed by atoms with E-state index in [1.54, 1.807) is 24.1 Å². The van der Waals surface area contributed by atoms with Crippen LogP contribution in [-0.4, -0.2) is 55.0 Å². The Labute approximate surface area is 118 Å². The number of aromatic nitrogens is 1. The standard InChI is InChI=1S/C14H19N3O3/c1-20-9-6-16-13(18)11-4-5-15-12(10-11)14(19)17-7-2-3-8-17/h4-5,10H,2-3,6-9H2,1H3,(H,16,18). The lowest BCUT2D eigenvalue weighted by atomic mass is 10.2. The Morgan fingerprint density at radius 3 is 2.85 bits per heavy atom. The van der Waals surface area contributed by atoms with E-state index in [9.17, 15) is 9.59 Å². The first-order chi connectivity index (χ1) is 9.72. The summed E-state index contributed by atoms with van der Waals surface area (Å²) < 4.78 is 4.87. The van der Waals surface area contributed by atoms with E-state index < -0.39 is 0 Å². The van der Waals surface area contributed by atoms with Gasteiger partial charge < -0.3 is 15.0 Å². The van der Waals surface area contributed by atoms with Crippen LogP contribution in [0.2, 0.25) is 0 Å². The maximum atomic E-state index is 12.2. The third kappa shape index (κ3) is 3.54. The molecule has 1 saturated heterocycles. The molecule has 1 N–H and O–H groups in total. The maximum absolute atomic E-state index is 12.2. The molecule has 2 amide bonds. The molecule has 1 aromatic heterocycles. The number of rotatable bonds is 5. The van der Waals surface area contributed by atoms with Crippen LogP contribution in [-0.2, 0) is 4.74 Å². The molecule has 0 unspecified atom stereocenters. The fourth-order valence-electron chi connectivity index (χ4n) is 2.14. The van der Waals surface area contributed by atoms with Gasteiger partial charge in [-0.15, -0.1) is 0 Å². The fourth-order valence-corrected chi connectivity index (χ4v) is 2.14. The highest BCUT2D eigenvalue weighted by molar-refractivity contribution is 5.98. The summed E-state index contributed by atoms with van der Waals surface area (Å²) in [6, 6.07) is 3.14. The molecule has 108 valence electrons. The van der Waals surface area contributed by atoms with Crippen LogP contribution in [0.1, 0.15) is 33.7 Å². The number of pyridine rings is 1. The molecule has 6 nitrogen and oxygen atoms in total. The van der Waals surface area contributed by atoms with Crippen molar-refractivity contribution in [1.82, 2.24) is 15.2 Å². The first-order valence-electron chi connectivity index (χ1n) is 6.75. The summed E-state index contributed by atoms with van der Waals surface area (Å²) in [6.07, 6.45) is 3.56. The number of hydrogen-bond donors (Lipinski definition) is 1. The van der Waals surface area contributed by atoms with Gasteiger partial charge in [-0.2, -0.15) is 0 Å². The monoisotopic (exact) mass is 277 g/mol. The predicted octanol–water partition coefficient (Wildman–Crippen LogP) is 0.694. The number of nitrogens with one attached hydrogen (secondary N) is 1.